The Bertz CT molecular complexity index is 313. The van der Waals surface area contributed by atoms with E-state index in [9.17, 15) is 0 Å². The molecule has 0 aliphatic rings. The third kappa shape index (κ3) is 1.37. The van der Waals surface area contributed by atoms with E-state index in [0.29, 0.717) is 26.5 Å². The molecule has 0 atom stereocenters. The summed E-state index contributed by atoms with van der Waals surface area (Å²) in [6, 6.07) is 0. The summed E-state index contributed by atoms with van der Waals surface area (Å²) >= 11 is 0. The zero-order valence-electron chi connectivity index (χ0n) is 8.79. The molecular weight excluding hydrogens is 220 g/mol. The summed E-state index contributed by atoms with van der Waals surface area (Å²) in [6.45, 7) is 16.0. The summed E-state index contributed by atoms with van der Waals surface area (Å²) in [7, 11) is 0. The van der Waals surface area contributed by atoms with Crippen molar-refractivity contribution >= 4 is 26.5 Å². The molecular formula is C8H18P4. The molecule has 0 aliphatic carbocycles. The Morgan fingerprint density at radius 2 is 0.833 bits per heavy atom. The van der Waals surface area contributed by atoms with Crippen LogP contribution >= 0.6 is 26.5 Å². The second-order valence-electron chi connectivity index (χ2n) is 5.46. The van der Waals surface area contributed by atoms with Crippen molar-refractivity contribution in [3.63, 3.8) is 0 Å². The zero-order chi connectivity index (χ0) is 9.31. The van der Waals surface area contributed by atoms with Crippen LogP contribution in [0.3, 0.4) is 0 Å². The highest BCUT2D eigenvalue weighted by Crippen LogP contribution is 3.14. The molecule has 0 aromatic carbocycles. The van der Waals surface area contributed by atoms with Crippen LogP contribution < -0.4 is 0 Å². The molecule has 0 spiro atoms. The molecule has 0 amide bonds. The molecule has 0 unspecified atom stereocenters. The van der Waals surface area contributed by atoms with Gasteiger partial charge in [-0.1, -0.05) is 55.3 Å². The molecule has 0 nitrogen and oxygen atoms in total. The van der Waals surface area contributed by atoms with Crippen molar-refractivity contribution in [1.29, 1.82) is 0 Å². The van der Waals surface area contributed by atoms with E-state index in [1.165, 1.54) is 0 Å². The first-order valence-electron chi connectivity index (χ1n) is 4.45. The van der Waals surface area contributed by atoms with E-state index in [1.807, 2.05) is 0 Å². The van der Waals surface area contributed by atoms with Crippen molar-refractivity contribution < 1.29 is 0 Å². The van der Waals surface area contributed by atoms with Gasteiger partial charge in [0.1, 0.15) is 0 Å². The average molecular weight is 238 g/mol. The van der Waals surface area contributed by atoms with Crippen LogP contribution in [0.2, 0.25) is 0 Å². The van der Waals surface area contributed by atoms with Crippen molar-refractivity contribution in [2.75, 3.05) is 0 Å². The van der Waals surface area contributed by atoms with Gasteiger partial charge in [0.15, 0.2) is 0 Å². The maximum absolute atomic E-state index is 2.46. The Labute approximate surface area is 78.7 Å². The molecule has 2 aromatic heterocycles. The van der Waals surface area contributed by atoms with Crippen LogP contribution in [0, 0.1) is 0 Å². The lowest BCUT2D eigenvalue weighted by Crippen LogP contribution is -1.98. The minimum Gasteiger partial charge on any atom is -0.0530 e. The third-order valence-electron chi connectivity index (χ3n) is 1.98. The van der Waals surface area contributed by atoms with Crippen LogP contribution in [0.25, 0.3) is 0 Å². The molecule has 0 radical (unpaired) electrons. The summed E-state index contributed by atoms with van der Waals surface area (Å²) in [6.07, 6.45) is 1.38. The summed E-state index contributed by atoms with van der Waals surface area (Å²) in [5.74, 6) is 0. The molecule has 70 valence electrons. The quantitative estimate of drug-likeness (QED) is 0.503. The van der Waals surface area contributed by atoms with E-state index < -0.39 is 0 Å². The van der Waals surface area contributed by atoms with Crippen LogP contribution in [-0.4, -0.2) is 0 Å². The van der Waals surface area contributed by atoms with Gasteiger partial charge in [-0.05, 0) is 12.7 Å². The minimum atomic E-state index is 0.599. The average Bonchev–Trinajstić information content (AvgIpc) is 2.29. The van der Waals surface area contributed by atoms with Crippen LogP contribution in [-0.2, 0) is 10.3 Å². The molecule has 0 saturated carbocycles. The van der Waals surface area contributed by atoms with E-state index in [1.54, 1.807) is 0 Å². The van der Waals surface area contributed by atoms with E-state index in [2.05, 4.69) is 41.5 Å². The monoisotopic (exact) mass is 238 g/mol. The normalized spacial score (nSPS) is 21.5. The van der Waals surface area contributed by atoms with Gasteiger partial charge in [0.05, 0.1) is 0 Å². The Hall–Kier alpha value is 1.20. The fourth-order valence-corrected chi connectivity index (χ4v) is 67.0. The Morgan fingerprint density at radius 1 is 0.583 bits per heavy atom. The van der Waals surface area contributed by atoms with Crippen LogP contribution in [0.4, 0.5) is 0 Å². The van der Waals surface area contributed by atoms with Crippen LogP contribution in [0.15, 0.2) is 0 Å². The standard InChI is InChI=1S/C8H18P4/c1-7(2,3)9-11-10(12(9)11)8(4,5)6/h1-6H3. The number of fused-ring (bicyclic) bond motifs is 1. The number of rotatable bonds is 0. The smallest absolute Gasteiger partial charge is 0.00893 e. The molecule has 0 bridgehead atoms. The largest absolute Gasteiger partial charge is 0.0530 e. The fraction of sp³-hybridized carbons (Fsp3) is 1.00. The highest BCUT2D eigenvalue weighted by molar-refractivity contribution is 9.08. The van der Waals surface area contributed by atoms with E-state index in [4.69, 9.17) is 0 Å². The Balaban J connectivity index is 2.22. The molecule has 2 aromatic rings. The molecule has 2 heterocycles. The topological polar surface area (TPSA) is 0 Å². The summed E-state index contributed by atoms with van der Waals surface area (Å²) in [4.78, 5) is 0. The summed E-state index contributed by atoms with van der Waals surface area (Å²) in [5, 5.41) is 1.44. The molecule has 4 heteroatoms. The lowest BCUT2D eigenvalue weighted by molar-refractivity contribution is 0.722. The fourth-order valence-electron chi connectivity index (χ4n) is 1.43. The molecule has 0 N–H and O–H groups in total. The molecule has 12 heavy (non-hydrogen) atoms. The zero-order valence-corrected chi connectivity index (χ0v) is 12.4. The predicted octanol–water partition coefficient (Wildman–Crippen LogP) is 6.33. The number of hydrogen-bond donors (Lipinski definition) is 0. The SMILES string of the molecule is CC(C)(C)p1p2p(C(C)(C)C)p12. The molecule has 2 rings (SSSR count). The second kappa shape index (κ2) is 2.41. The van der Waals surface area contributed by atoms with Crippen molar-refractivity contribution in [3.05, 3.63) is 0 Å². The highest BCUT2D eigenvalue weighted by atomic mass is 33.1. The maximum Gasteiger partial charge on any atom is 0.00893 e. The van der Waals surface area contributed by atoms with Gasteiger partial charge in [-0.3, -0.25) is 0 Å². The van der Waals surface area contributed by atoms with E-state index >= 15 is 0 Å². The first-order chi connectivity index (χ1) is 5.24. The van der Waals surface area contributed by atoms with Gasteiger partial charge in [0.25, 0.3) is 0 Å². The third-order valence-corrected chi connectivity index (χ3v) is 44.7. The van der Waals surface area contributed by atoms with Gasteiger partial charge in [-0.15, -0.1) is 0 Å². The first-order valence-corrected chi connectivity index (χ1v) is 13.3. The number of hydrogen-bond acceptors (Lipinski definition) is 0. The summed E-state index contributed by atoms with van der Waals surface area (Å²) in [5.41, 5.74) is 0. The Morgan fingerprint density at radius 3 is 1.00 bits per heavy atom. The van der Waals surface area contributed by atoms with Gasteiger partial charge in [-0.2, -0.15) is 0 Å². The van der Waals surface area contributed by atoms with Crippen molar-refractivity contribution in [2.45, 2.75) is 51.9 Å². The van der Waals surface area contributed by atoms with Gasteiger partial charge < -0.3 is 0 Å². The van der Waals surface area contributed by atoms with Crippen molar-refractivity contribution in [1.82, 2.24) is 0 Å². The minimum absolute atomic E-state index is 0.599. The predicted molar refractivity (Wildman–Crippen MR) is 66.9 cm³/mol. The van der Waals surface area contributed by atoms with Gasteiger partial charge in [0.2, 0.25) is 0 Å². The van der Waals surface area contributed by atoms with Crippen LogP contribution in [0.1, 0.15) is 41.5 Å². The van der Waals surface area contributed by atoms with E-state index in [-0.39, 0.29) is 0 Å². The molecule has 0 aliphatic heterocycles. The van der Waals surface area contributed by atoms with Crippen LogP contribution in [0.5, 0.6) is 0 Å². The highest BCUT2D eigenvalue weighted by Gasteiger charge is 2.43. The summed E-state index contributed by atoms with van der Waals surface area (Å²) < 4.78 is 0. The van der Waals surface area contributed by atoms with Gasteiger partial charge in [-0.25, -0.2) is 0 Å². The van der Waals surface area contributed by atoms with Crippen molar-refractivity contribution in [2.24, 2.45) is 0 Å². The Kier molecular flexibility index (Phi) is 1.96. The lowest BCUT2D eigenvalue weighted by atomic mass is 10.3. The maximum atomic E-state index is 2.46. The molecule has 0 fully saturated rings. The first kappa shape index (κ1) is 9.74. The van der Waals surface area contributed by atoms with Crippen molar-refractivity contribution in [3.8, 4) is 0 Å². The lowest BCUT2D eigenvalue weighted by Gasteiger charge is -2.19. The van der Waals surface area contributed by atoms with Gasteiger partial charge >= 0.3 is 0 Å². The van der Waals surface area contributed by atoms with Gasteiger partial charge in [0, 0.05) is 10.3 Å². The second-order valence-corrected chi connectivity index (χ2v) is 29.9. The molecule has 0 saturated heterocycles. The van der Waals surface area contributed by atoms with E-state index in [0.717, 1.165) is 10.3 Å².